The van der Waals surface area contributed by atoms with E-state index in [0.717, 1.165) is 35.1 Å². The Labute approximate surface area is 226 Å². The zero-order valence-electron chi connectivity index (χ0n) is 21.9. The summed E-state index contributed by atoms with van der Waals surface area (Å²) >= 11 is 0. The Morgan fingerprint density at radius 3 is 2.54 bits per heavy atom. The van der Waals surface area contributed by atoms with E-state index in [1.165, 1.54) is 12.5 Å². The van der Waals surface area contributed by atoms with Gasteiger partial charge >= 0.3 is 0 Å². The number of benzene rings is 1. The number of carbonyl (C=O) groups is 2. The minimum absolute atomic E-state index is 0.0159. The second-order valence-corrected chi connectivity index (χ2v) is 10.2. The molecule has 1 aromatic carbocycles. The molecule has 0 unspecified atom stereocenters. The van der Waals surface area contributed by atoms with Gasteiger partial charge in [0.1, 0.15) is 12.1 Å². The first kappa shape index (κ1) is 25.7. The van der Waals surface area contributed by atoms with Gasteiger partial charge in [-0.15, -0.1) is 0 Å². The lowest BCUT2D eigenvalue weighted by Crippen LogP contribution is -2.18. The molecule has 2 N–H and O–H groups in total. The molecule has 1 fully saturated rings. The molecule has 1 aliphatic carbocycles. The molecule has 39 heavy (non-hydrogen) atoms. The molecule has 4 aromatic rings. The van der Waals surface area contributed by atoms with Gasteiger partial charge < -0.3 is 10.6 Å². The standard InChI is InChI=1S/C30H27N7O2/c1-18-4-7-23(36-29(39)20-8-9-33-26(11-20)30(2,3)16-31)12-24(18)21-10-22(15-32-14-21)25-13-27(35-17-34-25)37-28(38)19-5-6-19/h4,7-15,17,19H,5-6H2,1-3H3,(H,36,39)(H,34,35,37,38). The number of amides is 2. The fraction of sp³-hybridized carbons (Fsp3) is 0.233. The van der Waals surface area contributed by atoms with Gasteiger partial charge in [-0.1, -0.05) is 6.07 Å². The highest BCUT2D eigenvalue weighted by molar-refractivity contribution is 6.04. The predicted molar refractivity (Wildman–Crippen MR) is 148 cm³/mol. The Morgan fingerprint density at radius 2 is 1.77 bits per heavy atom. The van der Waals surface area contributed by atoms with Crippen LogP contribution < -0.4 is 10.6 Å². The zero-order chi connectivity index (χ0) is 27.6. The lowest BCUT2D eigenvalue weighted by Gasteiger charge is -2.15. The molecule has 0 atom stereocenters. The summed E-state index contributed by atoms with van der Waals surface area (Å²) in [5.74, 6) is 0.225. The average molecular weight is 518 g/mol. The van der Waals surface area contributed by atoms with E-state index in [4.69, 9.17) is 0 Å². The van der Waals surface area contributed by atoms with Crippen molar-refractivity contribution < 1.29 is 9.59 Å². The summed E-state index contributed by atoms with van der Waals surface area (Å²) in [6.45, 7) is 5.51. The van der Waals surface area contributed by atoms with Crippen LogP contribution in [0.2, 0.25) is 0 Å². The molecule has 3 aromatic heterocycles. The smallest absolute Gasteiger partial charge is 0.255 e. The molecule has 1 saturated carbocycles. The lowest BCUT2D eigenvalue weighted by molar-refractivity contribution is -0.117. The summed E-state index contributed by atoms with van der Waals surface area (Å²) in [5, 5.41) is 15.2. The molecule has 2 amide bonds. The van der Waals surface area contributed by atoms with Gasteiger partial charge in [-0.3, -0.25) is 19.6 Å². The van der Waals surface area contributed by atoms with Crippen LogP contribution in [-0.2, 0) is 10.2 Å². The Morgan fingerprint density at radius 1 is 0.974 bits per heavy atom. The van der Waals surface area contributed by atoms with Gasteiger partial charge in [0.15, 0.2) is 0 Å². The molecule has 9 heteroatoms. The monoisotopic (exact) mass is 517 g/mol. The first-order valence-corrected chi connectivity index (χ1v) is 12.6. The second-order valence-electron chi connectivity index (χ2n) is 10.2. The summed E-state index contributed by atoms with van der Waals surface area (Å²) in [6, 6.07) is 14.9. The molecule has 194 valence electrons. The van der Waals surface area contributed by atoms with E-state index in [2.05, 4.69) is 36.6 Å². The van der Waals surface area contributed by atoms with Gasteiger partial charge in [-0.05, 0) is 75.1 Å². The molecule has 0 radical (unpaired) electrons. The fourth-order valence-electron chi connectivity index (χ4n) is 4.07. The van der Waals surface area contributed by atoms with E-state index in [9.17, 15) is 14.9 Å². The topological polar surface area (TPSA) is 134 Å². The maximum Gasteiger partial charge on any atom is 0.255 e. The van der Waals surface area contributed by atoms with Crippen LogP contribution in [0.15, 0.2) is 67.4 Å². The van der Waals surface area contributed by atoms with Crippen LogP contribution in [0.1, 0.15) is 48.3 Å². The van der Waals surface area contributed by atoms with Gasteiger partial charge in [0.05, 0.1) is 22.9 Å². The molecule has 1 aliphatic rings. The Hall–Kier alpha value is -4.97. The van der Waals surface area contributed by atoms with E-state index in [-0.39, 0.29) is 17.7 Å². The van der Waals surface area contributed by atoms with Gasteiger partial charge in [-0.2, -0.15) is 5.26 Å². The Bertz CT molecular complexity index is 1620. The van der Waals surface area contributed by atoms with Crippen LogP contribution in [0.25, 0.3) is 22.4 Å². The van der Waals surface area contributed by atoms with Crippen molar-refractivity contribution in [2.45, 2.75) is 39.0 Å². The van der Waals surface area contributed by atoms with E-state index in [1.807, 2.05) is 31.2 Å². The van der Waals surface area contributed by atoms with E-state index < -0.39 is 5.41 Å². The average Bonchev–Trinajstić information content (AvgIpc) is 3.80. The molecule has 3 heterocycles. The SMILES string of the molecule is Cc1ccc(NC(=O)c2ccnc(C(C)(C)C#N)c2)cc1-c1cncc(-c2cc(NC(=O)C3CC3)ncn2)c1. The van der Waals surface area contributed by atoms with Gasteiger partial charge in [-0.25, -0.2) is 9.97 Å². The molecule has 0 spiro atoms. The summed E-state index contributed by atoms with van der Waals surface area (Å²) in [7, 11) is 0. The van der Waals surface area contributed by atoms with Crippen molar-refractivity contribution in [3.8, 4) is 28.5 Å². The van der Waals surface area contributed by atoms with Crippen molar-refractivity contribution in [3.05, 3.63) is 84.2 Å². The van der Waals surface area contributed by atoms with Crippen molar-refractivity contribution in [2.24, 2.45) is 5.92 Å². The molecule has 0 aliphatic heterocycles. The normalized spacial score (nSPS) is 12.9. The predicted octanol–water partition coefficient (Wildman–Crippen LogP) is 5.31. The third-order valence-corrected chi connectivity index (χ3v) is 6.65. The van der Waals surface area contributed by atoms with Crippen molar-refractivity contribution >= 4 is 23.3 Å². The quantitative estimate of drug-likeness (QED) is 0.339. The molecular formula is C30H27N7O2. The van der Waals surface area contributed by atoms with Crippen LogP contribution >= 0.6 is 0 Å². The highest BCUT2D eigenvalue weighted by Crippen LogP contribution is 2.32. The fourth-order valence-corrected chi connectivity index (χ4v) is 4.07. The molecule has 0 bridgehead atoms. The second kappa shape index (κ2) is 10.4. The minimum Gasteiger partial charge on any atom is -0.322 e. The number of carbonyl (C=O) groups excluding carboxylic acids is 2. The number of hydrogen-bond donors (Lipinski definition) is 2. The van der Waals surface area contributed by atoms with Crippen molar-refractivity contribution in [1.82, 2.24) is 19.9 Å². The van der Waals surface area contributed by atoms with Crippen molar-refractivity contribution in [2.75, 3.05) is 10.6 Å². The third-order valence-electron chi connectivity index (χ3n) is 6.65. The summed E-state index contributed by atoms with van der Waals surface area (Å²) in [4.78, 5) is 42.4. The zero-order valence-corrected chi connectivity index (χ0v) is 21.9. The van der Waals surface area contributed by atoms with E-state index >= 15 is 0 Å². The number of aromatic nitrogens is 4. The van der Waals surface area contributed by atoms with E-state index in [1.54, 1.807) is 44.4 Å². The number of aryl methyl sites for hydroxylation is 1. The van der Waals surface area contributed by atoms with Crippen LogP contribution in [0.5, 0.6) is 0 Å². The third kappa shape index (κ3) is 5.80. The lowest BCUT2D eigenvalue weighted by atomic mass is 9.90. The van der Waals surface area contributed by atoms with Crippen LogP contribution in [0, 0.1) is 24.2 Å². The van der Waals surface area contributed by atoms with Gasteiger partial charge in [0.25, 0.3) is 5.91 Å². The molecule has 5 rings (SSSR count). The van der Waals surface area contributed by atoms with Gasteiger partial charge in [0.2, 0.25) is 5.91 Å². The highest BCUT2D eigenvalue weighted by atomic mass is 16.2. The number of rotatable bonds is 7. The molecule has 0 saturated heterocycles. The Balaban J connectivity index is 1.38. The van der Waals surface area contributed by atoms with Crippen LogP contribution in [0.4, 0.5) is 11.5 Å². The maximum absolute atomic E-state index is 13.0. The summed E-state index contributed by atoms with van der Waals surface area (Å²) < 4.78 is 0. The number of nitrogens with zero attached hydrogens (tertiary/aromatic N) is 5. The van der Waals surface area contributed by atoms with Crippen molar-refractivity contribution in [3.63, 3.8) is 0 Å². The largest absolute Gasteiger partial charge is 0.322 e. The van der Waals surface area contributed by atoms with Crippen molar-refractivity contribution in [1.29, 1.82) is 5.26 Å². The number of pyridine rings is 2. The first-order chi connectivity index (χ1) is 18.7. The summed E-state index contributed by atoms with van der Waals surface area (Å²) in [6.07, 6.45) is 8.26. The number of anilines is 2. The Kier molecular flexibility index (Phi) is 6.86. The minimum atomic E-state index is -0.807. The maximum atomic E-state index is 13.0. The molecular weight excluding hydrogens is 490 g/mol. The van der Waals surface area contributed by atoms with E-state index in [0.29, 0.717) is 28.5 Å². The highest BCUT2D eigenvalue weighted by Gasteiger charge is 2.30. The van der Waals surface area contributed by atoms with Gasteiger partial charge in [0, 0.05) is 53.0 Å². The molecule has 9 nitrogen and oxygen atoms in total. The first-order valence-electron chi connectivity index (χ1n) is 12.6. The van der Waals surface area contributed by atoms with Crippen LogP contribution in [0.3, 0.4) is 0 Å². The number of nitriles is 1. The summed E-state index contributed by atoms with van der Waals surface area (Å²) in [5.41, 5.74) is 4.94. The van der Waals surface area contributed by atoms with Crippen LogP contribution in [-0.4, -0.2) is 31.8 Å². The number of hydrogen-bond acceptors (Lipinski definition) is 7. The number of nitrogens with one attached hydrogen (secondary N) is 2.